The van der Waals surface area contributed by atoms with Gasteiger partial charge in [-0.2, -0.15) is 0 Å². The summed E-state index contributed by atoms with van der Waals surface area (Å²) in [5.41, 5.74) is 1.13. The van der Waals surface area contributed by atoms with Crippen LogP contribution in [0, 0.1) is 10.5 Å². The minimum atomic E-state index is -0.0669. The average Bonchev–Trinajstić information content (AvgIpc) is 2.67. The molecule has 0 fully saturated rings. The van der Waals surface area contributed by atoms with Crippen LogP contribution in [0.1, 0.15) is 20.7 Å². The van der Waals surface area contributed by atoms with Crippen LogP contribution in [0.4, 0.5) is 0 Å². The molecule has 2 rings (SSSR count). The quantitative estimate of drug-likeness (QED) is 0.423. The lowest BCUT2D eigenvalue weighted by Crippen LogP contribution is -1.92. The van der Waals surface area contributed by atoms with Gasteiger partial charge in [-0.15, -0.1) is 22.9 Å². The van der Waals surface area contributed by atoms with Gasteiger partial charge in [0.25, 0.3) is 0 Å². The molecule has 0 N–H and O–H groups in total. The Morgan fingerprint density at radius 3 is 2.69 bits per heavy atom. The Bertz CT molecular complexity index is 509. The molecule has 0 saturated heterocycles. The highest BCUT2D eigenvalue weighted by Crippen LogP contribution is 2.37. The van der Waals surface area contributed by atoms with Crippen molar-refractivity contribution in [1.82, 2.24) is 0 Å². The van der Waals surface area contributed by atoms with E-state index in [0.717, 1.165) is 10.0 Å². The summed E-state index contributed by atoms with van der Waals surface area (Å²) in [6, 6.07) is 10.4. The van der Waals surface area contributed by atoms with Gasteiger partial charge in [0.1, 0.15) is 0 Å². The molecule has 1 unspecified atom stereocenters. The molecule has 1 atom stereocenters. The first-order valence-corrected chi connectivity index (χ1v) is 7.86. The van der Waals surface area contributed by atoms with Gasteiger partial charge in [-0.1, -0.05) is 15.9 Å². The number of hydrogen-bond donors (Lipinski definition) is 0. The Morgan fingerprint density at radius 2 is 2.06 bits per heavy atom. The fraction of sp³-hybridized carbons (Fsp3) is 0.167. The van der Waals surface area contributed by atoms with Crippen LogP contribution in [-0.2, 0) is 0 Å². The van der Waals surface area contributed by atoms with Gasteiger partial charge in [-0.3, -0.25) is 0 Å². The molecule has 1 heterocycles. The topological polar surface area (TPSA) is 0 Å². The first kappa shape index (κ1) is 12.9. The lowest BCUT2D eigenvalue weighted by Gasteiger charge is -2.10. The van der Waals surface area contributed by atoms with Gasteiger partial charge in [-0.05, 0) is 65.4 Å². The minimum absolute atomic E-state index is 0.0669. The molecular weight excluding hydrogens is 418 g/mol. The van der Waals surface area contributed by atoms with Gasteiger partial charge in [0.2, 0.25) is 0 Å². The summed E-state index contributed by atoms with van der Waals surface area (Å²) in [7, 11) is 0. The van der Waals surface area contributed by atoms with Crippen molar-refractivity contribution in [1.29, 1.82) is 0 Å². The summed E-state index contributed by atoms with van der Waals surface area (Å²) < 4.78 is 2.27. The molecule has 0 aliphatic carbocycles. The molecule has 4 heteroatoms. The van der Waals surface area contributed by atoms with E-state index in [1.165, 1.54) is 13.3 Å². The third-order valence-electron chi connectivity index (χ3n) is 2.24. The van der Waals surface area contributed by atoms with Gasteiger partial charge in [0.15, 0.2) is 0 Å². The zero-order valence-electron chi connectivity index (χ0n) is 8.51. The summed E-state index contributed by atoms with van der Waals surface area (Å²) in [6.07, 6.45) is 0. The van der Waals surface area contributed by atoms with Gasteiger partial charge in [0.05, 0.1) is 5.38 Å². The monoisotopic (exact) mass is 426 g/mol. The second-order valence-corrected chi connectivity index (χ2v) is 7.33. The summed E-state index contributed by atoms with van der Waals surface area (Å²) >= 11 is 14.1. The van der Waals surface area contributed by atoms with Crippen LogP contribution in [0.5, 0.6) is 0 Å². The number of halogens is 3. The fourth-order valence-electron chi connectivity index (χ4n) is 1.45. The number of rotatable bonds is 2. The van der Waals surface area contributed by atoms with Crippen LogP contribution >= 0.6 is 61.5 Å². The van der Waals surface area contributed by atoms with Crippen LogP contribution in [0.3, 0.4) is 0 Å². The Hall–Kier alpha value is 0.420. The molecule has 0 bridgehead atoms. The highest BCUT2D eigenvalue weighted by Gasteiger charge is 2.15. The van der Waals surface area contributed by atoms with E-state index in [0.29, 0.717) is 0 Å². The summed E-state index contributed by atoms with van der Waals surface area (Å²) in [4.78, 5) is 2.49. The van der Waals surface area contributed by atoms with Crippen LogP contribution < -0.4 is 0 Å². The van der Waals surface area contributed by atoms with Crippen molar-refractivity contribution in [3.63, 3.8) is 0 Å². The number of thiophene rings is 1. The number of aryl methyl sites for hydroxylation is 1. The lowest BCUT2D eigenvalue weighted by atomic mass is 10.1. The number of hydrogen-bond acceptors (Lipinski definition) is 1. The molecule has 0 saturated carbocycles. The van der Waals surface area contributed by atoms with E-state index in [4.69, 9.17) is 11.6 Å². The molecule has 1 aromatic heterocycles. The maximum atomic E-state index is 6.50. The zero-order valence-corrected chi connectivity index (χ0v) is 13.8. The molecule has 84 valence electrons. The van der Waals surface area contributed by atoms with Crippen molar-refractivity contribution in [2.24, 2.45) is 0 Å². The smallest absolute Gasteiger partial charge is 0.0939 e. The van der Waals surface area contributed by atoms with Crippen LogP contribution in [0.15, 0.2) is 34.8 Å². The molecule has 1 aromatic carbocycles. The zero-order chi connectivity index (χ0) is 11.7. The summed E-state index contributed by atoms with van der Waals surface area (Å²) in [6.45, 7) is 2.10. The maximum Gasteiger partial charge on any atom is 0.0939 e. The van der Waals surface area contributed by atoms with Crippen molar-refractivity contribution in [2.45, 2.75) is 12.3 Å². The van der Waals surface area contributed by atoms with Gasteiger partial charge < -0.3 is 0 Å². The Labute approximate surface area is 126 Å². The molecule has 0 aliphatic heterocycles. The van der Waals surface area contributed by atoms with Crippen LogP contribution in [0.2, 0.25) is 0 Å². The standard InChI is InChI=1S/C12H9BrClIS/c1-7-2-5-11(16-7)12(14)9-6-8(15)3-4-10(9)13/h2-6,12H,1H3. The van der Waals surface area contributed by atoms with Crippen molar-refractivity contribution in [3.8, 4) is 0 Å². The SMILES string of the molecule is Cc1ccc(C(Cl)c2cc(I)ccc2Br)s1. The van der Waals surface area contributed by atoms with Crippen LogP contribution in [-0.4, -0.2) is 0 Å². The molecule has 0 spiro atoms. The predicted molar refractivity (Wildman–Crippen MR) is 83.6 cm³/mol. The second-order valence-electron chi connectivity index (χ2n) is 3.48. The molecule has 0 nitrogen and oxygen atoms in total. The van der Waals surface area contributed by atoms with Crippen LogP contribution in [0.25, 0.3) is 0 Å². The highest BCUT2D eigenvalue weighted by atomic mass is 127. The Balaban J connectivity index is 2.40. The molecule has 0 aliphatic rings. The van der Waals surface area contributed by atoms with Crippen molar-refractivity contribution < 1.29 is 0 Å². The van der Waals surface area contributed by atoms with E-state index < -0.39 is 0 Å². The van der Waals surface area contributed by atoms with Gasteiger partial charge in [-0.25, -0.2) is 0 Å². The molecular formula is C12H9BrClIS. The molecule has 2 aromatic rings. The fourth-order valence-corrected chi connectivity index (χ4v) is 3.84. The van der Waals surface area contributed by atoms with Crippen molar-refractivity contribution in [3.05, 3.63) is 53.7 Å². The first-order valence-electron chi connectivity index (χ1n) is 4.73. The van der Waals surface area contributed by atoms with E-state index in [2.05, 4.69) is 69.7 Å². The Kier molecular flexibility index (Phi) is 4.32. The third kappa shape index (κ3) is 2.81. The summed E-state index contributed by atoms with van der Waals surface area (Å²) in [5, 5.41) is -0.0669. The minimum Gasteiger partial charge on any atom is -0.144 e. The van der Waals surface area contributed by atoms with E-state index >= 15 is 0 Å². The number of benzene rings is 1. The van der Waals surface area contributed by atoms with E-state index in [9.17, 15) is 0 Å². The first-order chi connectivity index (χ1) is 7.58. The van der Waals surface area contributed by atoms with Gasteiger partial charge >= 0.3 is 0 Å². The van der Waals surface area contributed by atoms with Gasteiger partial charge in [0, 0.05) is 17.8 Å². The second kappa shape index (κ2) is 5.38. The van der Waals surface area contributed by atoms with E-state index in [1.807, 2.05) is 6.07 Å². The normalized spacial score (nSPS) is 12.8. The molecule has 16 heavy (non-hydrogen) atoms. The molecule has 0 amide bonds. The third-order valence-corrected chi connectivity index (χ3v) is 5.30. The van der Waals surface area contributed by atoms with Crippen molar-refractivity contribution in [2.75, 3.05) is 0 Å². The number of alkyl halides is 1. The molecule has 0 radical (unpaired) electrons. The lowest BCUT2D eigenvalue weighted by molar-refractivity contribution is 1.16. The van der Waals surface area contributed by atoms with Crippen molar-refractivity contribution >= 4 is 61.5 Å². The summed E-state index contributed by atoms with van der Waals surface area (Å²) in [5.74, 6) is 0. The van der Waals surface area contributed by atoms with E-state index in [-0.39, 0.29) is 5.38 Å². The Morgan fingerprint density at radius 1 is 1.31 bits per heavy atom. The van der Waals surface area contributed by atoms with E-state index in [1.54, 1.807) is 11.3 Å². The largest absolute Gasteiger partial charge is 0.144 e. The highest BCUT2D eigenvalue weighted by molar-refractivity contribution is 14.1. The maximum absolute atomic E-state index is 6.50. The average molecular weight is 428 g/mol. The predicted octanol–water partition coefficient (Wildman–Crippen LogP) is 5.75.